The van der Waals surface area contributed by atoms with Crippen LogP contribution in [-0.2, 0) is 6.54 Å². The Morgan fingerprint density at radius 2 is 1.96 bits per heavy atom. The maximum absolute atomic E-state index is 12.1. The van der Waals surface area contributed by atoms with Gasteiger partial charge in [-0.2, -0.15) is 5.10 Å². The summed E-state index contributed by atoms with van der Waals surface area (Å²) < 4.78 is 1.98. The maximum atomic E-state index is 12.1. The van der Waals surface area contributed by atoms with Crippen LogP contribution >= 0.6 is 0 Å². The molecule has 1 fully saturated rings. The van der Waals surface area contributed by atoms with E-state index < -0.39 is 0 Å². The molecule has 3 aromatic rings. The first-order valence-electron chi connectivity index (χ1n) is 8.33. The summed E-state index contributed by atoms with van der Waals surface area (Å²) in [4.78, 5) is 24.6. The quantitative estimate of drug-likeness (QED) is 0.745. The minimum Gasteiger partial charge on any atom is -0.350 e. The number of amides is 1. The highest BCUT2D eigenvalue weighted by atomic mass is 16.1. The van der Waals surface area contributed by atoms with Gasteiger partial charge in [0.2, 0.25) is 0 Å². The summed E-state index contributed by atoms with van der Waals surface area (Å²) in [5.41, 5.74) is 3.68. The molecule has 1 aliphatic carbocycles. The summed E-state index contributed by atoms with van der Waals surface area (Å²) in [5.74, 6) is 0.423. The normalized spacial score (nSPS) is 13.6. The van der Waals surface area contributed by atoms with Crippen LogP contribution < -0.4 is 5.32 Å². The summed E-state index contributed by atoms with van der Waals surface area (Å²) in [6.07, 6.45) is 12.5. The first-order valence-corrected chi connectivity index (χ1v) is 8.33. The second-order valence-electron chi connectivity index (χ2n) is 6.02. The third-order valence-corrected chi connectivity index (χ3v) is 4.24. The molecule has 3 aromatic heterocycles. The Morgan fingerprint density at radius 3 is 2.68 bits per heavy atom. The summed E-state index contributed by atoms with van der Waals surface area (Å²) in [6, 6.07) is 3.40. The van der Waals surface area contributed by atoms with E-state index in [9.17, 15) is 4.79 Å². The summed E-state index contributed by atoms with van der Waals surface area (Å²) in [5, 5.41) is 7.44. The molecule has 0 aromatic carbocycles. The van der Waals surface area contributed by atoms with Gasteiger partial charge in [-0.1, -0.05) is 0 Å². The monoisotopic (exact) mass is 334 g/mol. The molecule has 0 unspecified atom stereocenters. The molecule has 1 N–H and O–H groups in total. The van der Waals surface area contributed by atoms with E-state index in [-0.39, 0.29) is 5.91 Å². The van der Waals surface area contributed by atoms with Gasteiger partial charge in [0.15, 0.2) is 0 Å². The lowest BCUT2D eigenvalue weighted by Crippen LogP contribution is -2.28. The van der Waals surface area contributed by atoms with E-state index >= 15 is 0 Å². The van der Waals surface area contributed by atoms with Gasteiger partial charge in [-0.3, -0.25) is 24.4 Å². The van der Waals surface area contributed by atoms with E-state index in [1.54, 1.807) is 43.1 Å². The fraction of sp³-hybridized carbons (Fsp3) is 0.278. The Balaban J connectivity index is 1.46. The van der Waals surface area contributed by atoms with Crippen LogP contribution in [0.15, 0.2) is 49.3 Å². The Morgan fingerprint density at radius 1 is 1.12 bits per heavy atom. The molecule has 0 atom stereocenters. The number of hydrogen-bond donors (Lipinski definition) is 1. The summed E-state index contributed by atoms with van der Waals surface area (Å²) in [7, 11) is 0. The fourth-order valence-corrected chi connectivity index (χ4v) is 2.88. The fourth-order valence-electron chi connectivity index (χ4n) is 2.88. The second kappa shape index (κ2) is 6.80. The van der Waals surface area contributed by atoms with Crippen molar-refractivity contribution >= 4 is 5.91 Å². The average Bonchev–Trinajstić information content (AvgIpc) is 3.43. The number of hydrogen-bond acceptors (Lipinski definition) is 5. The molecule has 3 heterocycles. The third-order valence-electron chi connectivity index (χ3n) is 4.24. The molecule has 0 radical (unpaired) electrons. The van der Waals surface area contributed by atoms with Crippen LogP contribution in [0.5, 0.6) is 0 Å². The van der Waals surface area contributed by atoms with Crippen molar-refractivity contribution in [2.75, 3.05) is 6.54 Å². The lowest BCUT2D eigenvalue weighted by atomic mass is 10.1. The first-order chi connectivity index (χ1) is 12.3. The van der Waals surface area contributed by atoms with E-state index in [2.05, 4.69) is 25.4 Å². The van der Waals surface area contributed by atoms with Gasteiger partial charge in [-0.05, 0) is 25.0 Å². The Hall–Kier alpha value is -3.09. The van der Waals surface area contributed by atoms with Crippen molar-refractivity contribution in [1.82, 2.24) is 30.0 Å². The molecule has 0 spiro atoms. The molecule has 0 saturated heterocycles. The van der Waals surface area contributed by atoms with E-state index in [1.165, 1.54) is 18.5 Å². The zero-order chi connectivity index (χ0) is 17.1. The van der Waals surface area contributed by atoms with Crippen LogP contribution in [-0.4, -0.2) is 37.2 Å². The van der Waals surface area contributed by atoms with Crippen molar-refractivity contribution in [2.24, 2.45) is 0 Å². The van der Waals surface area contributed by atoms with Crippen LogP contribution in [0.4, 0.5) is 0 Å². The van der Waals surface area contributed by atoms with Gasteiger partial charge in [0.05, 0.1) is 30.3 Å². The highest BCUT2D eigenvalue weighted by Gasteiger charge is 2.31. The summed E-state index contributed by atoms with van der Waals surface area (Å²) >= 11 is 0. The molecule has 1 saturated carbocycles. The van der Waals surface area contributed by atoms with E-state index in [4.69, 9.17) is 0 Å². The van der Waals surface area contributed by atoms with Crippen LogP contribution in [0.2, 0.25) is 0 Å². The molecular weight excluding hydrogens is 316 g/mol. The van der Waals surface area contributed by atoms with Crippen molar-refractivity contribution in [2.45, 2.75) is 25.3 Å². The Labute approximate surface area is 145 Å². The number of rotatable bonds is 6. The predicted molar refractivity (Wildman–Crippen MR) is 91.8 cm³/mol. The Kier molecular flexibility index (Phi) is 4.20. The molecule has 4 rings (SSSR count). The van der Waals surface area contributed by atoms with Crippen LogP contribution in [0.3, 0.4) is 0 Å². The zero-order valence-electron chi connectivity index (χ0n) is 13.7. The smallest absolute Gasteiger partial charge is 0.251 e. The minimum absolute atomic E-state index is 0.100. The van der Waals surface area contributed by atoms with E-state index in [1.807, 2.05) is 10.9 Å². The third kappa shape index (κ3) is 3.40. The van der Waals surface area contributed by atoms with Gasteiger partial charge in [0.1, 0.15) is 0 Å². The summed E-state index contributed by atoms with van der Waals surface area (Å²) in [6.45, 7) is 1.14. The molecule has 1 aliphatic rings. The van der Waals surface area contributed by atoms with Gasteiger partial charge < -0.3 is 5.32 Å². The van der Waals surface area contributed by atoms with E-state index in [0.717, 1.165) is 11.3 Å². The van der Waals surface area contributed by atoms with Gasteiger partial charge in [-0.25, -0.2) is 0 Å². The number of nitrogens with one attached hydrogen (secondary N) is 1. The zero-order valence-corrected chi connectivity index (χ0v) is 13.7. The number of carbonyl (C=O) groups excluding carboxylic acids is 1. The number of pyridine rings is 1. The Bertz CT molecular complexity index is 858. The lowest BCUT2D eigenvalue weighted by Gasteiger charge is -2.10. The highest BCUT2D eigenvalue weighted by Crippen LogP contribution is 2.43. The first kappa shape index (κ1) is 15.4. The van der Waals surface area contributed by atoms with Gasteiger partial charge in [-0.15, -0.1) is 0 Å². The molecule has 25 heavy (non-hydrogen) atoms. The lowest BCUT2D eigenvalue weighted by molar-refractivity contribution is 0.0951. The van der Waals surface area contributed by atoms with Crippen LogP contribution in [0.1, 0.15) is 34.8 Å². The molecule has 7 nitrogen and oxygen atoms in total. The molecule has 0 aliphatic heterocycles. The van der Waals surface area contributed by atoms with Crippen LogP contribution in [0.25, 0.3) is 11.3 Å². The van der Waals surface area contributed by atoms with Crippen LogP contribution in [0, 0.1) is 0 Å². The average molecular weight is 334 g/mol. The van der Waals surface area contributed by atoms with Crippen molar-refractivity contribution < 1.29 is 4.79 Å². The highest BCUT2D eigenvalue weighted by molar-refractivity contribution is 5.93. The van der Waals surface area contributed by atoms with Gasteiger partial charge >= 0.3 is 0 Å². The molecule has 1 amide bonds. The SMILES string of the molecule is O=C(NCCn1ncc(-c2cnccn2)c1C1CC1)c1ccncc1. The number of carbonyl (C=O) groups is 1. The van der Waals surface area contributed by atoms with Gasteiger partial charge in [0.25, 0.3) is 5.91 Å². The molecule has 126 valence electrons. The van der Waals surface area contributed by atoms with Crippen molar-refractivity contribution in [3.8, 4) is 11.3 Å². The molecule has 0 bridgehead atoms. The minimum atomic E-state index is -0.100. The van der Waals surface area contributed by atoms with Gasteiger partial charge in [0, 0.05) is 48.4 Å². The molecule has 7 heteroatoms. The topological polar surface area (TPSA) is 85.6 Å². The largest absolute Gasteiger partial charge is 0.350 e. The predicted octanol–water partition coefficient (Wildman–Crippen LogP) is 2.04. The number of nitrogens with zero attached hydrogens (tertiary/aromatic N) is 5. The standard InChI is InChI=1S/C18H18N6O/c25-18(14-3-5-19-6-4-14)22-9-10-24-17(13-1-2-13)15(11-23-24)16-12-20-7-8-21-16/h3-8,11-13H,1-2,9-10H2,(H,22,25). The number of aromatic nitrogens is 5. The van der Waals surface area contributed by atoms with Crippen molar-refractivity contribution in [3.05, 3.63) is 60.6 Å². The van der Waals surface area contributed by atoms with Crippen molar-refractivity contribution in [3.63, 3.8) is 0 Å². The maximum Gasteiger partial charge on any atom is 0.251 e. The molecular formula is C18H18N6O. The van der Waals surface area contributed by atoms with Crippen molar-refractivity contribution in [1.29, 1.82) is 0 Å². The second-order valence-corrected chi connectivity index (χ2v) is 6.02. The van der Waals surface area contributed by atoms with E-state index in [0.29, 0.717) is 24.6 Å².